The van der Waals surface area contributed by atoms with E-state index in [1.165, 1.54) is 29.6 Å². The summed E-state index contributed by atoms with van der Waals surface area (Å²) >= 11 is 0. The van der Waals surface area contributed by atoms with Crippen LogP contribution in [0, 0.1) is 18.2 Å². The molecule has 1 atom stereocenters. The minimum Gasteiger partial charge on any atom is -0.458 e. The third-order valence-electron chi connectivity index (χ3n) is 7.25. The molecule has 1 saturated heterocycles. The van der Waals surface area contributed by atoms with Gasteiger partial charge in [-0.3, -0.25) is 4.79 Å². The number of halogens is 1. The Morgan fingerprint density at radius 1 is 1.03 bits per heavy atom. The predicted molar refractivity (Wildman–Crippen MR) is 126 cm³/mol. The molecule has 2 aromatic carbocycles. The molecule has 32 heavy (non-hydrogen) atoms. The molecule has 1 aliphatic heterocycles. The number of benzene rings is 2. The van der Waals surface area contributed by atoms with Gasteiger partial charge in [0.05, 0.1) is 0 Å². The van der Waals surface area contributed by atoms with E-state index in [-0.39, 0.29) is 23.3 Å². The summed E-state index contributed by atoms with van der Waals surface area (Å²) in [4.78, 5) is 11.8. The number of hydrogen-bond donors (Lipinski definition) is 0. The fraction of sp³-hybridized carbons (Fsp3) is 0.345. The van der Waals surface area contributed by atoms with Crippen LogP contribution in [0.5, 0.6) is 0 Å². The maximum absolute atomic E-state index is 14.1. The fourth-order valence-electron chi connectivity index (χ4n) is 5.63. The minimum atomic E-state index is -0.179. The molecule has 0 amide bonds. The number of carbonyl (C=O) groups is 1. The lowest BCUT2D eigenvalue weighted by atomic mass is 9.72. The van der Waals surface area contributed by atoms with Gasteiger partial charge in [-0.25, -0.2) is 4.39 Å². The highest BCUT2D eigenvalue weighted by Gasteiger charge is 2.45. The average molecular weight is 429 g/mol. The van der Waals surface area contributed by atoms with E-state index >= 15 is 0 Å². The van der Waals surface area contributed by atoms with Gasteiger partial charge in [-0.15, -0.1) is 0 Å². The third-order valence-corrected chi connectivity index (χ3v) is 7.25. The number of ether oxygens (including phenoxy) is 1. The Hall–Kier alpha value is -2.94. The van der Waals surface area contributed by atoms with Crippen LogP contribution < -0.4 is 0 Å². The smallest absolute Gasteiger partial charge is 0.306 e. The van der Waals surface area contributed by atoms with Crippen molar-refractivity contribution in [1.82, 2.24) is 0 Å². The standard InChI is InChI=1S/C29H29FO2/c1-20-18-22(12-15-27(20)30)24-19-26(21-8-3-2-4-9-21)29(16-5-6-17-29)25(24)14-13-23-10-7-11-28(31)32-23/h2-4,8-9,12-15,18-19,23H,5-7,10-11,16-17H2,1H3/b14-13+. The highest BCUT2D eigenvalue weighted by atomic mass is 19.1. The Balaban J connectivity index is 1.64. The van der Waals surface area contributed by atoms with Crippen LogP contribution in [0.15, 0.2) is 72.3 Å². The van der Waals surface area contributed by atoms with Gasteiger partial charge >= 0.3 is 5.97 Å². The second kappa shape index (κ2) is 8.54. The lowest BCUT2D eigenvalue weighted by Gasteiger charge is -2.31. The van der Waals surface area contributed by atoms with Crippen molar-refractivity contribution in [1.29, 1.82) is 0 Å². The Labute approximate surface area is 189 Å². The molecule has 2 aromatic rings. The van der Waals surface area contributed by atoms with Gasteiger partial charge in [0.15, 0.2) is 0 Å². The van der Waals surface area contributed by atoms with Crippen molar-refractivity contribution in [2.45, 2.75) is 58.0 Å². The zero-order valence-electron chi connectivity index (χ0n) is 18.6. The zero-order valence-corrected chi connectivity index (χ0v) is 18.6. The van der Waals surface area contributed by atoms with Gasteiger partial charge in [0.1, 0.15) is 11.9 Å². The number of hydrogen-bond acceptors (Lipinski definition) is 2. The monoisotopic (exact) mass is 428 g/mol. The molecule has 1 saturated carbocycles. The van der Waals surface area contributed by atoms with Crippen LogP contribution >= 0.6 is 0 Å². The molecule has 0 radical (unpaired) electrons. The van der Waals surface area contributed by atoms with Gasteiger partial charge < -0.3 is 4.74 Å². The predicted octanol–water partition coefficient (Wildman–Crippen LogP) is 7.20. The molecule has 0 bridgehead atoms. The summed E-state index contributed by atoms with van der Waals surface area (Å²) < 4.78 is 19.6. The SMILES string of the molecule is Cc1cc(C2=C(/C=C/C3CCCC(=O)O3)C3(CCCC3)C(c3ccccc3)=C2)ccc1F. The van der Waals surface area contributed by atoms with Gasteiger partial charge in [0.2, 0.25) is 0 Å². The summed E-state index contributed by atoms with van der Waals surface area (Å²) in [6.45, 7) is 1.82. The largest absolute Gasteiger partial charge is 0.458 e. The van der Waals surface area contributed by atoms with Crippen LogP contribution in [0.1, 0.15) is 61.6 Å². The van der Waals surface area contributed by atoms with E-state index in [2.05, 4.69) is 48.6 Å². The van der Waals surface area contributed by atoms with Crippen molar-refractivity contribution < 1.29 is 13.9 Å². The van der Waals surface area contributed by atoms with E-state index in [0.29, 0.717) is 12.0 Å². The molecule has 1 spiro atoms. The molecule has 164 valence electrons. The lowest BCUT2D eigenvalue weighted by molar-refractivity contribution is -0.150. The summed E-state index contributed by atoms with van der Waals surface area (Å²) in [5, 5.41) is 0. The first kappa shape index (κ1) is 20.9. The maximum Gasteiger partial charge on any atom is 0.306 e. The van der Waals surface area contributed by atoms with E-state index in [1.54, 1.807) is 6.07 Å². The molecule has 3 aliphatic rings. The maximum atomic E-state index is 14.1. The van der Waals surface area contributed by atoms with Gasteiger partial charge in [-0.05, 0) is 90.3 Å². The normalized spacial score (nSPS) is 22.6. The van der Waals surface area contributed by atoms with Crippen LogP contribution in [-0.4, -0.2) is 12.1 Å². The molecule has 0 aromatic heterocycles. The zero-order chi connectivity index (χ0) is 22.1. The Morgan fingerprint density at radius 3 is 2.53 bits per heavy atom. The van der Waals surface area contributed by atoms with Crippen LogP contribution in [0.25, 0.3) is 11.1 Å². The van der Waals surface area contributed by atoms with E-state index in [1.807, 2.05) is 19.1 Å². The first-order valence-corrected chi connectivity index (χ1v) is 11.7. The Morgan fingerprint density at radius 2 is 1.81 bits per heavy atom. The second-order valence-corrected chi connectivity index (χ2v) is 9.28. The van der Waals surface area contributed by atoms with Crippen LogP contribution in [0.2, 0.25) is 0 Å². The van der Waals surface area contributed by atoms with Crippen LogP contribution in [-0.2, 0) is 9.53 Å². The molecular weight excluding hydrogens is 399 g/mol. The molecule has 1 heterocycles. The van der Waals surface area contributed by atoms with Crippen LogP contribution in [0.4, 0.5) is 4.39 Å². The molecule has 0 N–H and O–H groups in total. The van der Waals surface area contributed by atoms with Gasteiger partial charge in [0, 0.05) is 11.8 Å². The third kappa shape index (κ3) is 3.74. The number of cyclic esters (lactones) is 1. The second-order valence-electron chi connectivity index (χ2n) is 9.28. The quantitative estimate of drug-likeness (QED) is 0.482. The van der Waals surface area contributed by atoms with Crippen molar-refractivity contribution in [3.8, 4) is 0 Å². The number of aryl methyl sites for hydroxylation is 1. The van der Waals surface area contributed by atoms with Gasteiger partial charge in [-0.2, -0.15) is 0 Å². The number of rotatable bonds is 4. The molecule has 2 fully saturated rings. The van der Waals surface area contributed by atoms with Crippen molar-refractivity contribution in [3.63, 3.8) is 0 Å². The summed E-state index contributed by atoms with van der Waals surface area (Å²) in [6.07, 6.45) is 13.3. The van der Waals surface area contributed by atoms with E-state index in [0.717, 1.165) is 36.8 Å². The lowest BCUT2D eigenvalue weighted by Crippen LogP contribution is -2.22. The molecular formula is C29H29FO2. The molecule has 3 heteroatoms. The highest BCUT2D eigenvalue weighted by Crippen LogP contribution is 2.60. The average Bonchev–Trinajstić information content (AvgIpc) is 3.41. The van der Waals surface area contributed by atoms with Crippen molar-refractivity contribution in [3.05, 3.63) is 94.8 Å². The van der Waals surface area contributed by atoms with E-state index in [9.17, 15) is 9.18 Å². The number of carbonyl (C=O) groups excluding carboxylic acids is 1. The topological polar surface area (TPSA) is 26.3 Å². The molecule has 2 aliphatic carbocycles. The molecule has 5 rings (SSSR count). The van der Waals surface area contributed by atoms with Gasteiger partial charge in [0.25, 0.3) is 0 Å². The number of esters is 1. The molecule has 1 unspecified atom stereocenters. The Kier molecular flexibility index (Phi) is 5.58. The summed E-state index contributed by atoms with van der Waals surface area (Å²) in [5.74, 6) is -0.291. The first-order valence-electron chi connectivity index (χ1n) is 11.7. The fourth-order valence-corrected chi connectivity index (χ4v) is 5.63. The van der Waals surface area contributed by atoms with Crippen molar-refractivity contribution in [2.75, 3.05) is 0 Å². The van der Waals surface area contributed by atoms with Gasteiger partial charge in [-0.1, -0.05) is 55.3 Å². The minimum absolute atomic E-state index is 0.0475. The van der Waals surface area contributed by atoms with E-state index in [4.69, 9.17) is 4.74 Å². The summed E-state index contributed by atoms with van der Waals surface area (Å²) in [5.41, 5.74) is 6.69. The first-order chi connectivity index (χ1) is 15.6. The summed E-state index contributed by atoms with van der Waals surface area (Å²) in [6, 6.07) is 16.0. The van der Waals surface area contributed by atoms with Crippen molar-refractivity contribution >= 4 is 17.1 Å². The van der Waals surface area contributed by atoms with Crippen LogP contribution in [0.3, 0.4) is 0 Å². The summed E-state index contributed by atoms with van der Waals surface area (Å²) in [7, 11) is 0. The van der Waals surface area contributed by atoms with Crippen molar-refractivity contribution in [2.24, 2.45) is 5.41 Å². The van der Waals surface area contributed by atoms with E-state index < -0.39 is 0 Å². The number of allylic oxidation sites excluding steroid dienone is 5. The highest BCUT2D eigenvalue weighted by molar-refractivity contribution is 5.97. The Bertz CT molecular complexity index is 1120. The molecule has 2 nitrogen and oxygen atoms in total.